The fourth-order valence-corrected chi connectivity index (χ4v) is 1.08. The van der Waals surface area contributed by atoms with E-state index in [4.69, 9.17) is 5.11 Å². The van der Waals surface area contributed by atoms with E-state index < -0.39 is 17.8 Å². The maximum Gasteiger partial charge on any atom is 0.307 e. The molecule has 0 spiro atoms. The first-order chi connectivity index (χ1) is 7.02. The van der Waals surface area contributed by atoms with Crippen LogP contribution in [0, 0.1) is 11.8 Å². The molecule has 0 fully saturated rings. The Labute approximate surface area is 87.7 Å². The van der Waals surface area contributed by atoms with Gasteiger partial charge in [0, 0.05) is 18.3 Å². The van der Waals surface area contributed by atoms with E-state index in [1.807, 2.05) is 0 Å². The molecule has 0 saturated carbocycles. The Morgan fingerprint density at radius 3 is 2.20 bits per heavy atom. The van der Waals surface area contributed by atoms with Crippen molar-refractivity contribution in [2.75, 3.05) is 5.43 Å². The first-order valence-electron chi connectivity index (χ1n) is 4.69. The lowest BCUT2D eigenvalue weighted by molar-refractivity contribution is -0.145. The lowest BCUT2D eigenvalue weighted by Crippen LogP contribution is -2.33. The van der Waals surface area contributed by atoms with E-state index in [0.717, 1.165) is 0 Å². The zero-order valence-electron chi connectivity index (χ0n) is 8.68. The van der Waals surface area contributed by atoms with Crippen molar-refractivity contribution in [1.29, 1.82) is 0 Å². The smallest absolute Gasteiger partial charge is 0.307 e. The van der Waals surface area contributed by atoms with Crippen molar-refractivity contribution in [2.24, 2.45) is 11.8 Å². The van der Waals surface area contributed by atoms with Crippen LogP contribution in [0.1, 0.15) is 13.8 Å². The number of hydrogen-bond donors (Lipinski definition) is 2. The van der Waals surface area contributed by atoms with Gasteiger partial charge in [0.25, 0.3) is 0 Å². The number of amides is 1. The van der Waals surface area contributed by atoms with Gasteiger partial charge in [0.1, 0.15) is 0 Å². The highest BCUT2D eigenvalue weighted by Crippen LogP contribution is 2.11. The van der Waals surface area contributed by atoms with Crippen LogP contribution in [0.25, 0.3) is 0 Å². The third-order valence-corrected chi connectivity index (χ3v) is 2.40. The van der Waals surface area contributed by atoms with E-state index in [1.165, 1.54) is 11.6 Å². The number of carbonyl (C=O) groups excluding carboxylic acids is 1. The molecule has 0 aliphatic rings. The van der Waals surface area contributed by atoms with E-state index in [9.17, 15) is 9.59 Å². The summed E-state index contributed by atoms with van der Waals surface area (Å²) in [5.41, 5.74) is 2.57. The normalized spacial score (nSPS) is 14.3. The fraction of sp³-hybridized carbons (Fsp3) is 0.400. The number of carboxylic acids is 1. The predicted octanol–water partition coefficient (Wildman–Crippen LogP) is 0.915. The summed E-state index contributed by atoms with van der Waals surface area (Å²) < 4.78 is 1.49. The Balaban J connectivity index is 2.57. The van der Waals surface area contributed by atoms with Gasteiger partial charge in [-0.3, -0.25) is 19.7 Å². The van der Waals surface area contributed by atoms with Gasteiger partial charge in [-0.15, -0.1) is 0 Å². The molecule has 15 heavy (non-hydrogen) atoms. The molecular formula is C10H14N2O3. The number of nitrogens with zero attached hydrogens (tertiary/aromatic N) is 1. The number of nitrogens with one attached hydrogen (secondary N) is 1. The molecule has 1 rings (SSSR count). The van der Waals surface area contributed by atoms with Crippen molar-refractivity contribution in [2.45, 2.75) is 13.8 Å². The lowest BCUT2D eigenvalue weighted by atomic mass is 9.96. The van der Waals surface area contributed by atoms with Gasteiger partial charge in [-0.2, -0.15) is 0 Å². The summed E-state index contributed by atoms with van der Waals surface area (Å²) in [6.07, 6.45) is 3.35. The molecule has 0 saturated heterocycles. The van der Waals surface area contributed by atoms with Gasteiger partial charge >= 0.3 is 5.97 Å². The van der Waals surface area contributed by atoms with Crippen LogP contribution in [0.5, 0.6) is 0 Å². The van der Waals surface area contributed by atoms with Gasteiger partial charge in [-0.1, -0.05) is 13.8 Å². The average Bonchev–Trinajstić information content (AvgIpc) is 2.67. The monoisotopic (exact) mass is 210 g/mol. The van der Waals surface area contributed by atoms with Gasteiger partial charge < -0.3 is 5.11 Å². The molecule has 82 valence electrons. The van der Waals surface area contributed by atoms with Crippen molar-refractivity contribution >= 4 is 11.9 Å². The number of carbonyl (C=O) groups is 2. The molecule has 0 aliphatic carbocycles. The minimum atomic E-state index is -0.967. The van der Waals surface area contributed by atoms with E-state index in [-0.39, 0.29) is 5.91 Å². The Morgan fingerprint density at radius 1 is 1.20 bits per heavy atom. The van der Waals surface area contributed by atoms with Gasteiger partial charge in [0.05, 0.1) is 5.92 Å². The Hall–Kier alpha value is -1.78. The molecule has 1 aromatic rings. The molecule has 0 aliphatic heterocycles. The summed E-state index contributed by atoms with van der Waals surface area (Å²) in [5, 5.41) is 8.74. The molecule has 1 amide bonds. The number of aliphatic carboxylic acids is 1. The number of aromatic nitrogens is 1. The maximum atomic E-state index is 11.6. The van der Waals surface area contributed by atoms with Gasteiger partial charge in [-0.05, 0) is 12.1 Å². The summed E-state index contributed by atoms with van der Waals surface area (Å²) in [5.74, 6) is -2.53. The number of rotatable bonds is 4. The van der Waals surface area contributed by atoms with Crippen LogP contribution in [-0.2, 0) is 9.59 Å². The summed E-state index contributed by atoms with van der Waals surface area (Å²) >= 11 is 0. The van der Waals surface area contributed by atoms with E-state index in [2.05, 4.69) is 5.43 Å². The van der Waals surface area contributed by atoms with Crippen LogP contribution in [0.2, 0.25) is 0 Å². The molecule has 1 aromatic heterocycles. The molecule has 1 heterocycles. The Morgan fingerprint density at radius 2 is 1.73 bits per heavy atom. The van der Waals surface area contributed by atoms with Crippen molar-refractivity contribution in [1.82, 2.24) is 4.68 Å². The molecular weight excluding hydrogens is 196 g/mol. The average molecular weight is 210 g/mol. The SMILES string of the molecule is CC(C(=O)O)C(C)C(=O)Nn1cccc1. The lowest BCUT2D eigenvalue weighted by Gasteiger charge is -2.15. The van der Waals surface area contributed by atoms with Crippen molar-refractivity contribution in [3.05, 3.63) is 24.5 Å². The largest absolute Gasteiger partial charge is 0.481 e. The molecule has 0 radical (unpaired) electrons. The maximum absolute atomic E-state index is 11.6. The third kappa shape index (κ3) is 2.83. The molecule has 5 nitrogen and oxygen atoms in total. The van der Waals surface area contributed by atoms with Crippen LogP contribution >= 0.6 is 0 Å². The summed E-state index contributed by atoms with van der Waals surface area (Å²) in [6.45, 7) is 3.11. The van der Waals surface area contributed by atoms with Crippen LogP contribution in [0.3, 0.4) is 0 Å². The highest BCUT2D eigenvalue weighted by molar-refractivity contribution is 5.89. The highest BCUT2D eigenvalue weighted by atomic mass is 16.4. The van der Waals surface area contributed by atoms with E-state index >= 15 is 0 Å². The minimum absolute atomic E-state index is 0.305. The van der Waals surface area contributed by atoms with Crippen molar-refractivity contribution < 1.29 is 14.7 Å². The summed E-state index contributed by atoms with van der Waals surface area (Å²) in [4.78, 5) is 22.2. The van der Waals surface area contributed by atoms with Gasteiger partial charge in [0.15, 0.2) is 0 Å². The molecule has 2 unspecified atom stereocenters. The number of carboxylic acid groups (broad SMARTS) is 1. The van der Waals surface area contributed by atoms with Crippen molar-refractivity contribution in [3.63, 3.8) is 0 Å². The second kappa shape index (κ2) is 4.63. The zero-order chi connectivity index (χ0) is 11.4. The summed E-state index contributed by atoms with van der Waals surface area (Å²) in [7, 11) is 0. The second-order valence-electron chi connectivity index (χ2n) is 3.48. The minimum Gasteiger partial charge on any atom is -0.481 e. The second-order valence-corrected chi connectivity index (χ2v) is 3.48. The molecule has 2 N–H and O–H groups in total. The highest BCUT2D eigenvalue weighted by Gasteiger charge is 2.25. The van der Waals surface area contributed by atoms with Gasteiger partial charge in [-0.25, -0.2) is 0 Å². The third-order valence-electron chi connectivity index (χ3n) is 2.40. The zero-order valence-corrected chi connectivity index (χ0v) is 8.68. The Kier molecular flexibility index (Phi) is 3.49. The molecule has 2 atom stereocenters. The quantitative estimate of drug-likeness (QED) is 0.776. The first-order valence-corrected chi connectivity index (χ1v) is 4.69. The molecule has 0 bridgehead atoms. The van der Waals surface area contributed by atoms with Crippen LogP contribution in [-0.4, -0.2) is 21.7 Å². The van der Waals surface area contributed by atoms with Crippen LogP contribution in [0.4, 0.5) is 0 Å². The van der Waals surface area contributed by atoms with Crippen molar-refractivity contribution in [3.8, 4) is 0 Å². The number of hydrogen-bond acceptors (Lipinski definition) is 2. The Bertz CT molecular complexity index is 346. The van der Waals surface area contributed by atoms with E-state index in [1.54, 1.807) is 31.5 Å². The first kappa shape index (κ1) is 11.3. The topological polar surface area (TPSA) is 71.3 Å². The van der Waals surface area contributed by atoms with Crippen LogP contribution < -0.4 is 5.43 Å². The standard InChI is InChI=1S/C10H14N2O3/c1-7(8(2)10(14)15)9(13)11-12-5-3-4-6-12/h3-8H,1-2H3,(H,11,13)(H,14,15). The predicted molar refractivity (Wildman–Crippen MR) is 54.8 cm³/mol. The summed E-state index contributed by atoms with van der Waals surface area (Å²) in [6, 6.07) is 3.54. The van der Waals surface area contributed by atoms with Gasteiger partial charge in [0.2, 0.25) is 5.91 Å². The fourth-order valence-electron chi connectivity index (χ4n) is 1.08. The molecule has 5 heteroatoms. The van der Waals surface area contributed by atoms with Crippen LogP contribution in [0.15, 0.2) is 24.5 Å². The molecule has 0 aromatic carbocycles. The van der Waals surface area contributed by atoms with E-state index in [0.29, 0.717) is 0 Å².